The van der Waals surface area contributed by atoms with Crippen molar-refractivity contribution in [3.63, 3.8) is 0 Å². The van der Waals surface area contributed by atoms with Gasteiger partial charge in [0.15, 0.2) is 6.61 Å². The number of hydrogen-bond acceptors (Lipinski definition) is 5. The zero-order valence-electron chi connectivity index (χ0n) is 18.5. The first-order valence-corrected chi connectivity index (χ1v) is 12.4. The van der Waals surface area contributed by atoms with Gasteiger partial charge in [-0.25, -0.2) is 13.1 Å². The number of rotatable bonds is 8. The number of piperidine rings is 1. The Morgan fingerprint density at radius 2 is 1.94 bits per heavy atom. The Morgan fingerprint density at radius 3 is 2.55 bits per heavy atom. The molecule has 2 rings (SSSR count). The van der Waals surface area contributed by atoms with Gasteiger partial charge in [0.2, 0.25) is 21.8 Å². The lowest BCUT2D eigenvalue weighted by Crippen LogP contribution is -2.58. The van der Waals surface area contributed by atoms with E-state index in [9.17, 15) is 31.2 Å². The summed E-state index contributed by atoms with van der Waals surface area (Å²) in [6.45, 7) is 1.79. The second-order valence-electron chi connectivity index (χ2n) is 8.46. The first-order chi connectivity index (χ1) is 15.1. The largest absolute Gasteiger partial charge is 0.484 e. The lowest BCUT2D eigenvalue weighted by atomic mass is 9.94. The second kappa shape index (κ2) is 10.5. The van der Waals surface area contributed by atoms with Gasteiger partial charge in [0.05, 0.1) is 12.2 Å². The van der Waals surface area contributed by atoms with Crippen molar-refractivity contribution in [1.82, 2.24) is 14.9 Å². The lowest BCUT2D eigenvalue weighted by molar-refractivity contribution is -0.153. The van der Waals surface area contributed by atoms with Crippen LogP contribution in [0.2, 0.25) is 5.02 Å². The average molecular weight is 514 g/mol. The topological polar surface area (TPSA) is 105 Å². The van der Waals surface area contributed by atoms with Crippen molar-refractivity contribution in [2.45, 2.75) is 44.9 Å². The number of halogens is 4. The molecular weight excluding hydrogens is 487 g/mol. The molecule has 186 valence electrons. The fraction of sp³-hybridized carbons (Fsp3) is 0.600. The number of nitrogens with zero attached hydrogens (tertiary/aromatic N) is 1. The number of ether oxygens (including phenoxy) is 1. The Kier molecular flexibility index (Phi) is 8.63. The standard InChI is InChI=1S/C20H27ClF3N3O5S/c1-19(2,26-33(3,30)31)18(29)27-8-4-5-14(11-27)17(28)25-10-13-6-7-15(21)9-16(13)32-12-20(22,23)24/h6-7,9,14,26H,4-5,8,10-12H2,1-3H3,(H,25,28)/t14-/m1/s1. The second-order valence-corrected chi connectivity index (χ2v) is 10.6. The highest BCUT2D eigenvalue weighted by atomic mass is 35.5. The highest BCUT2D eigenvalue weighted by Crippen LogP contribution is 2.26. The quantitative estimate of drug-likeness (QED) is 0.555. The summed E-state index contributed by atoms with van der Waals surface area (Å²) in [5.74, 6) is -1.47. The molecule has 2 N–H and O–H groups in total. The molecule has 33 heavy (non-hydrogen) atoms. The third-order valence-electron chi connectivity index (χ3n) is 4.93. The summed E-state index contributed by atoms with van der Waals surface area (Å²) >= 11 is 5.84. The normalized spacial score (nSPS) is 17.5. The van der Waals surface area contributed by atoms with Gasteiger partial charge in [0.25, 0.3) is 0 Å². The molecule has 1 aromatic rings. The molecular formula is C20H27ClF3N3O5S. The summed E-state index contributed by atoms with van der Waals surface area (Å²) in [7, 11) is -3.62. The third-order valence-corrected chi connectivity index (χ3v) is 6.04. The minimum atomic E-state index is -4.53. The Balaban J connectivity index is 2.02. The van der Waals surface area contributed by atoms with E-state index in [0.29, 0.717) is 24.9 Å². The monoisotopic (exact) mass is 513 g/mol. The molecule has 1 aliphatic rings. The highest BCUT2D eigenvalue weighted by Gasteiger charge is 2.38. The fourth-order valence-electron chi connectivity index (χ4n) is 3.57. The summed E-state index contributed by atoms with van der Waals surface area (Å²) in [6.07, 6.45) is -2.52. The van der Waals surface area contributed by atoms with Crippen molar-refractivity contribution in [3.05, 3.63) is 28.8 Å². The van der Waals surface area contributed by atoms with E-state index >= 15 is 0 Å². The van der Waals surface area contributed by atoms with Crippen molar-refractivity contribution in [1.29, 1.82) is 0 Å². The number of benzene rings is 1. The molecule has 0 saturated carbocycles. The number of alkyl halides is 3. The minimum absolute atomic E-state index is 0.0885. The van der Waals surface area contributed by atoms with Gasteiger partial charge in [0, 0.05) is 30.2 Å². The van der Waals surface area contributed by atoms with Gasteiger partial charge >= 0.3 is 6.18 Å². The van der Waals surface area contributed by atoms with Crippen molar-refractivity contribution >= 4 is 33.4 Å². The van der Waals surface area contributed by atoms with Crippen LogP contribution >= 0.6 is 11.6 Å². The van der Waals surface area contributed by atoms with Crippen LogP contribution in [0, 0.1) is 5.92 Å². The van der Waals surface area contributed by atoms with E-state index in [1.54, 1.807) is 0 Å². The molecule has 1 atom stereocenters. The van der Waals surface area contributed by atoms with E-state index < -0.39 is 40.2 Å². The smallest absolute Gasteiger partial charge is 0.422 e. The van der Waals surface area contributed by atoms with Gasteiger partial charge in [0.1, 0.15) is 11.3 Å². The van der Waals surface area contributed by atoms with Gasteiger partial charge in [-0.3, -0.25) is 9.59 Å². The number of nitrogens with one attached hydrogen (secondary N) is 2. The lowest BCUT2D eigenvalue weighted by Gasteiger charge is -2.37. The van der Waals surface area contributed by atoms with Crippen LogP contribution in [-0.4, -0.2) is 62.8 Å². The van der Waals surface area contributed by atoms with Gasteiger partial charge in [-0.1, -0.05) is 17.7 Å². The number of carbonyl (C=O) groups excluding carboxylic acids is 2. The van der Waals surface area contributed by atoms with Crippen molar-refractivity contribution in [2.24, 2.45) is 5.92 Å². The van der Waals surface area contributed by atoms with Crippen LogP contribution in [0.4, 0.5) is 13.2 Å². The molecule has 0 unspecified atom stereocenters. The van der Waals surface area contributed by atoms with Crippen molar-refractivity contribution in [2.75, 3.05) is 26.0 Å². The minimum Gasteiger partial charge on any atom is -0.484 e. The van der Waals surface area contributed by atoms with E-state index in [1.165, 1.54) is 36.9 Å². The van der Waals surface area contributed by atoms with Crippen molar-refractivity contribution < 1.29 is 35.9 Å². The van der Waals surface area contributed by atoms with Crippen LogP contribution in [-0.2, 0) is 26.2 Å². The Hall–Kier alpha value is -2.05. The van der Waals surface area contributed by atoms with E-state index in [-0.39, 0.29) is 29.8 Å². The highest BCUT2D eigenvalue weighted by molar-refractivity contribution is 7.88. The van der Waals surface area contributed by atoms with E-state index in [4.69, 9.17) is 16.3 Å². The van der Waals surface area contributed by atoms with Crippen LogP contribution in [0.5, 0.6) is 5.75 Å². The molecule has 0 radical (unpaired) electrons. The number of likely N-dealkylation sites (tertiary alicyclic amines) is 1. The first kappa shape index (κ1) is 27.2. The van der Waals surface area contributed by atoms with Crippen molar-refractivity contribution in [3.8, 4) is 5.75 Å². The third kappa shape index (κ3) is 8.67. The summed E-state index contributed by atoms with van der Waals surface area (Å²) in [5, 5.41) is 2.86. The average Bonchev–Trinajstić information content (AvgIpc) is 2.68. The zero-order valence-corrected chi connectivity index (χ0v) is 20.0. The Bertz CT molecular complexity index is 986. The van der Waals surface area contributed by atoms with Gasteiger partial charge in [-0.2, -0.15) is 13.2 Å². The number of hydrogen-bond donors (Lipinski definition) is 2. The molecule has 0 aromatic heterocycles. The summed E-state index contributed by atoms with van der Waals surface area (Å²) in [4.78, 5) is 27.0. The molecule has 2 amide bonds. The van der Waals surface area contributed by atoms with E-state index in [0.717, 1.165) is 6.26 Å². The maximum atomic E-state index is 12.8. The Labute approximate surface area is 195 Å². The van der Waals surface area contributed by atoms with Gasteiger partial charge < -0.3 is 15.0 Å². The predicted octanol–water partition coefficient (Wildman–Crippen LogP) is 2.46. The first-order valence-electron chi connectivity index (χ1n) is 10.1. The molecule has 1 aromatic carbocycles. The fourth-order valence-corrected chi connectivity index (χ4v) is 4.75. The number of carbonyl (C=O) groups is 2. The predicted molar refractivity (Wildman–Crippen MR) is 116 cm³/mol. The van der Waals surface area contributed by atoms with Crippen LogP contribution in [0.15, 0.2) is 18.2 Å². The van der Waals surface area contributed by atoms with Crippen LogP contribution < -0.4 is 14.8 Å². The summed E-state index contributed by atoms with van der Waals surface area (Å²) in [6, 6.07) is 4.18. The molecule has 1 aliphatic heterocycles. The number of sulfonamides is 1. The number of amides is 2. The van der Waals surface area contributed by atoms with Gasteiger partial charge in [-0.05, 0) is 38.8 Å². The van der Waals surface area contributed by atoms with E-state index in [2.05, 4.69) is 10.0 Å². The molecule has 0 spiro atoms. The molecule has 0 bridgehead atoms. The molecule has 1 fully saturated rings. The molecule has 1 saturated heterocycles. The van der Waals surface area contributed by atoms with Crippen LogP contribution in [0.25, 0.3) is 0 Å². The SMILES string of the molecule is CC(C)(NS(C)(=O)=O)C(=O)N1CCC[C@@H](C(=O)NCc2ccc(Cl)cc2OCC(F)(F)F)C1. The maximum absolute atomic E-state index is 12.8. The zero-order chi connectivity index (χ0) is 25.0. The van der Waals surface area contributed by atoms with Gasteiger partial charge in [-0.15, -0.1) is 0 Å². The Morgan fingerprint density at radius 1 is 1.27 bits per heavy atom. The molecule has 13 heteroatoms. The van der Waals surface area contributed by atoms with Crippen LogP contribution in [0.3, 0.4) is 0 Å². The van der Waals surface area contributed by atoms with E-state index in [1.807, 2.05) is 0 Å². The maximum Gasteiger partial charge on any atom is 0.422 e. The summed E-state index contributed by atoms with van der Waals surface area (Å²) < 4.78 is 67.7. The molecule has 0 aliphatic carbocycles. The van der Waals surface area contributed by atoms with Crippen LogP contribution in [0.1, 0.15) is 32.3 Å². The molecule has 8 nitrogen and oxygen atoms in total. The summed E-state index contributed by atoms with van der Waals surface area (Å²) in [5.41, 5.74) is -1.06. The molecule has 1 heterocycles.